The summed E-state index contributed by atoms with van der Waals surface area (Å²) in [6.45, 7) is 8.03. The molecule has 0 saturated carbocycles. The number of aliphatic hydroxyl groups excluding tert-OH is 1. The van der Waals surface area contributed by atoms with Crippen LogP contribution < -0.4 is 0 Å². The van der Waals surface area contributed by atoms with Crippen molar-refractivity contribution in [2.24, 2.45) is 0 Å². The molecule has 0 fully saturated rings. The molecular weight excluding hydrogens is 234 g/mol. The molecule has 0 aromatic carbocycles. The quantitative estimate of drug-likeness (QED) is 0.760. The number of aliphatic hydroxyl groups is 1. The minimum absolute atomic E-state index is 0.106. The lowest BCUT2D eigenvalue weighted by molar-refractivity contribution is 0.0915. The second kappa shape index (κ2) is 6.89. The molecule has 0 aliphatic carbocycles. The number of hydrogen-bond acceptors (Lipinski definition) is 4. The SMILES string of the molecule is CCCN(CCO)CC(=O)c1cc(C)sc1C. The van der Waals surface area contributed by atoms with Gasteiger partial charge in [0.1, 0.15) is 0 Å². The van der Waals surface area contributed by atoms with Crippen molar-refractivity contribution < 1.29 is 9.90 Å². The van der Waals surface area contributed by atoms with E-state index in [0.29, 0.717) is 13.1 Å². The fourth-order valence-electron chi connectivity index (χ4n) is 1.92. The van der Waals surface area contributed by atoms with E-state index in [0.717, 1.165) is 23.4 Å². The lowest BCUT2D eigenvalue weighted by atomic mass is 10.1. The molecule has 0 bridgehead atoms. The molecule has 0 aliphatic heterocycles. The Morgan fingerprint density at radius 3 is 2.59 bits per heavy atom. The van der Waals surface area contributed by atoms with Gasteiger partial charge in [0.2, 0.25) is 0 Å². The van der Waals surface area contributed by atoms with Crippen LogP contribution in [0, 0.1) is 13.8 Å². The summed E-state index contributed by atoms with van der Waals surface area (Å²) in [6.07, 6.45) is 0.995. The molecule has 17 heavy (non-hydrogen) atoms. The van der Waals surface area contributed by atoms with Gasteiger partial charge in [-0.2, -0.15) is 0 Å². The summed E-state index contributed by atoms with van der Waals surface area (Å²) in [5, 5.41) is 8.95. The highest BCUT2D eigenvalue weighted by molar-refractivity contribution is 7.12. The van der Waals surface area contributed by atoms with Crippen molar-refractivity contribution in [2.45, 2.75) is 27.2 Å². The van der Waals surface area contributed by atoms with E-state index in [1.54, 1.807) is 11.3 Å². The Bertz CT molecular complexity index is 367. The molecule has 0 aliphatic rings. The largest absolute Gasteiger partial charge is 0.395 e. The minimum Gasteiger partial charge on any atom is -0.395 e. The second-order valence-corrected chi connectivity index (χ2v) is 5.71. The van der Waals surface area contributed by atoms with Gasteiger partial charge in [-0.15, -0.1) is 11.3 Å². The van der Waals surface area contributed by atoms with Crippen molar-refractivity contribution in [3.63, 3.8) is 0 Å². The topological polar surface area (TPSA) is 40.5 Å². The smallest absolute Gasteiger partial charge is 0.177 e. The summed E-state index contributed by atoms with van der Waals surface area (Å²) in [6, 6.07) is 1.96. The van der Waals surface area contributed by atoms with Crippen LogP contribution in [0.2, 0.25) is 0 Å². The first-order chi connectivity index (χ1) is 8.08. The van der Waals surface area contributed by atoms with Crippen LogP contribution in [0.1, 0.15) is 33.5 Å². The molecule has 0 radical (unpaired) electrons. The molecule has 1 heterocycles. The lowest BCUT2D eigenvalue weighted by Gasteiger charge is -2.19. The Hall–Kier alpha value is -0.710. The third-order valence-electron chi connectivity index (χ3n) is 2.66. The fraction of sp³-hybridized carbons (Fsp3) is 0.615. The van der Waals surface area contributed by atoms with E-state index in [1.165, 1.54) is 4.88 Å². The number of carbonyl (C=O) groups excluding carboxylic acids is 1. The summed E-state index contributed by atoms with van der Waals surface area (Å²) in [5.41, 5.74) is 0.839. The molecule has 96 valence electrons. The van der Waals surface area contributed by atoms with Crippen molar-refractivity contribution in [1.82, 2.24) is 4.90 Å². The number of Topliss-reactive ketones (excluding diaryl/α,β-unsaturated/α-hetero) is 1. The number of carbonyl (C=O) groups is 1. The molecule has 0 amide bonds. The lowest BCUT2D eigenvalue weighted by Crippen LogP contribution is -2.33. The molecule has 1 rings (SSSR count). The van der Waals surface area contributed by atoms with Crippen LogP contribution in [-0.2, 0) is 0 Å². The van der Waals surface area contributed by atoms with E-state index in [2.05, 4.69) is 6.92 Å². The first-order valence-corrected chi connectivity index (χ1v) is 6.83. The molecule has 0 atom stereocenters. The summed E-state index contributed by atoms with van der Waals surface area (Å²) in [7, 11) is 0. The Balaban J connectivity index is 2.66. The number of aryl methyl sites for hydroxylation is 2. The molecule has 4 heteroatoms. The van der Waals surface area contributed by atoms with Crippen LogP contribution in [0.25, 0.3) is 0 Å². The van der Waals surface area contributed by atoms with Crippen LogP contribution in [0.15, 0.2) is 6.07 Å². The van der Waals surface area contributed by atoms with Crippen LogP contribution >= 0.6 is 11.3 Å². The standard InChI is InChI=1S/C13H21NO2S/c1-4-5-14(6-7-15)9-13(16)12-8-10(2)17-11(12)3/h8,15H,4-7,9H2,1-3H3. The van der Waals surface area contributed by atoms with Crippen molar-refractivity contribution in [2.75, 3.05) is 26.2 Å². The first kappa shape index (κ1) is 14.4. The van der Waals surface area contributed by atoms with Crippen LogP contribution in [-0.4, -0.2) is 42.0 Å². The van der Waals surface area contributed by atoms with Gasteiger partial charge in [-0.3, -0.25) is 9.69 Å². The van der Waals surface area contributed by atoms with Crippen molar-refractivity contribution in [3.8, 4) is 0 Å². The van der Waals surface area contributed by atoms with E-state index >= 15 is 0 Å². The Kier molecular flexibility index (Phi) is 5.82. The Morgan fingerprint density at radius 1 is 1.41 bits per heavy atom. The van der Waals surface area contributed by atoms with Gasteiger partial charge in [-0.1, -0.05) is 6.92 Å². The van der Waals surface area contributed by atoms with E-state index in [4.69, 9.17) is 5.11 Å². The Labute approximate surface area is 107 Å². The zero-order valence-electron chi connectivity index (χ0n) is 10.8. The van der Waals surface area contributed by atoms with Gasteiger partial charge in [0, 0.05) is 21.9 Å². The summed E-state index contributed by atoms with van der Waals surface area (Å²) in [4.78, 5) is 16.4. The molecule has 3 nitrogen and oxygen atoms in total. The fourth-order valence-corrected chi connectivity index (χ4v) is 2.87. The highest BCUT2D eigenvalue weighted by atomic mass is 32.1. The minimum atomic E-state index is 0.106. The second-order valence-electron chi connectivity index (χ2n) is 4.25. The molecule has 0 spiro atoms. The number of nitrogens with zero attached hydrogens (tertiary/aromatic N) is 1. The molecule has 1 aromatic rings. The molecule has 0 unspecified atom stereocenters. The van der Waals surface area contributed by atoms with Crippen LogP contribution in [0.3, 0.4) is 0 Å². The van der Waals surface area contributed by atoms with Gasteiger partial charge < -0.3 is 5.11 Å². The normalized spacial score (nSPS) is 11.1. The summed E-state index contributed by atoms with van der Waals surface area (Å²) >= 11 is 1.66. The number of rotatable bonds is 7. The number of hydrogen-bond donors (Lipinski definition) is 1. The molecule has 1 N–H and O–H groups in total. The van der Waals surface area contributed by atoms with Crippen molar-refractivity contribution in [3.05, 3.63) is 21.4 Å². The van der Waals surface area contributed by atoms with Gasteiger partial charge in [0.05, 0.1) is 13.2 Å². The summed E-state index contributed by atoms with van der Waals surface area (Å²) < 4.78 is 0. The first-order valence-electron chi connectivity index (χ1n) is 6.02. The van der Waals surface area contributed by atoms with Gasteiger partial charge in [-0.25, -0.2) is 0 Å². The zero-order valence-corrected chi connectivity index (χ0v) is 11.6. The molecule has 0 saturated heterocycles. The predicted octanol–water partition coefficient (Wildman–Crippen LogP) is 2.25. The van der Waals surface area contributed by atoms with Gasteiger partial charge in [0.15, 0.2) is 5.78 Å². The van der Waals surface area contributed by atoms with E-state index < -0.39 is 0 Å². The van der Waals surface area contributed by atoms with Gasteiger partial charge in [0.25, 0.3) is 0 Å². The Morgan fingerprint density at radius 2 is 2.12 bits per heavy atom. The monoisotopic (exact) mass is 255 g/mol. The third kappa shape index (κ3) is 4.22. The number of ketones is 1. The molecule has 1 aromatic heterocycles. The van der Waals surface area contributed by atoms with E-state index in [1.807, 2.05) is 24.8 Å². The van der Waals surface area contributed by atoms with Gasteiger partial charge >= 0.3 is 0 Å². The van der Waals surface area contributed by atoms with Crippen LogP contribution in [0.4, 0.5) is 0 Å². The van der Waals surface area contributed by atoms with E-state index in [-0.39, 0.29) is 12.4 Å². The maximum Gasteiger partial charge on any atom is 0.177 e. The maximum absolute atomic E-state index is 12.1. The average Bonchev–Trinajstić information content (AvgIpc) is 2.58. The van der Waals surface area contributed by atoms with Gasteiger partial charge in [-0.05, 0) is 32.9 Å². The third-order valence-corrected chi connectivity index (χ3v) is 3.63. The summed E-state index contributed by atoms with van der Waals surface area (Å²) in [5.74, 6) is 0.161. The maximum atomic E-state index is 12.1. The molecular formula is C13H21NO2S. The number of thiophene rings is 1. The zero-order chi connectivity index (χ0) is 12.8. The highest BCUT2D eigenvalue weighted by Gasteiger charge is 2.15. The van der Waals surface area contributed by atoms with E-state index in [9.17, 15) is 4.79 Å². The van der Waals surface area contributed by atoms with Crippen molar-refractivity contribution in [1.29, 1.82) is 0 Å². The predicted molar refractivity (Wildman–Crippen MR) is 71.9 cm³/mol. The van der Waals surface area contributed by atoms with Crippen molar-refractivity contribution >= 4 is 17.1 Å². The average molecular weight is 255 g/mol. The van der Waals surface area contributed by atoms with Crippen LogP contribution in [0.5, 0.6) is 0 Å². The highest BCUT2D eigenvalue weighted by Crippen LogP contribution is 2.21.